The molecular formula is C18H11F3N2O5. The molecule has 7 nitrogen and oxygen atoms in total. The Bertz CT molecular complexity index is 1010. The van der Waals surface area contributed by atoms with Gasteiger partial charge in [0.25, 0.3) is 11.6 Å². The summed E-state index contributed by atoms with van der Waals surface area (Å²) in [4.78, 5) is 22.4. The van der Waals surface area contributed by atoms with E-state index in [9.17, 15) is 28.1 Å². The summed E-state index contributed by atoms with van der Waals surface area (Å²) in [7, 11) is 0. The van der Waals surface area contributed by atoms with Crippen LogP contribution in [0.4, 0.5) is 24.5 Å². The highest BCUT2D eigenvalue weighted by atomic mass is 19.4. The maximum atomic E-state index is 12.5. The maximum Gasteiger partial charge on any atom is 0.573 e. The van der Waals surface area contributed by atoms with Gasteiger partial charge in [-0.2, -0.15) is 0 Å². The lowest BCUT2D eigenvalue weighted by atomic mass is 10.1. The van der Waals surface area contributed by atoms with E-state index in [1.54, 1.807) is 0 Å². The molecular weight excluding hydrogens is 381 g/mol. The van der Waals surface area contributed by atoms with E-state index in [0.29, 0.717) is 5.56 Å². The topological polar surface area (TPSA) is 94.6 Å². The van der Waals surface area contributed by atoms with Gasteiger partial charge in [0.2, 0.25) is 0 Å². The zero-order valence-electron chi connectivity index (χ0n) is 13.9. The van der Waals surface area contributed by atoms with Gasteiger partial charge >= 0.3 is 6.36 Å². The third kappa shape index (κ3) is 4.47. The number of halogens is 3. The largest absolute Gasteiger partial charge is 0.573 e. The minimum absolute atomic E-state index is 0.102. The number of anilines is 1. The highest BCUT2D eigenvalue weighted by Gasteiger charge is 2.32. The number of nitrogens with one attached hydrogen (secondary N) is 1. The Morgan fingerprint density at radius 2 is 1.71 bits per heavy atom. The molecule has 3 rings (SSSR count). The minimum atomic E-state index is -4.91. The fourth-order valence-electron chi connectivity index (χ4n) is 2.33. The minimum Gasteiger partial charge on any atom is -0.451 e. The molecule has 0 spiro atoms. The van der Waals surface area contributed by atoms with E-state index >= 15 is 0 Å². The molecule has 1 heterocycles. The van der Waals surface area contributed by atoms with Crippen LogP contribution in [0, 0.1) is 10.1 Å². The van der Waals surface area contributed by atoms with Crippen molar-refractivity contribution in [2.24, 2.45) is 0 Å². The quantitative estimate of drug-likeness (QED) is 0.487. The highest BCUT2D eigenvalue weighted by Crippen LogP contribution is 2.31. The molecule has 0 atom stereocenters. The lowest BCUT2D eigenvalue weighted by Gasteiger charge is -2.13. The number of rotatable bonds is 5. The van der Waals surface area contributed by atoms with Crippen molar-refractivity contribution in [2.75, 3.05) is 5.32 Å². The van der Waals surface area contributed by atoms with Gasteiger partial charge in [-0.25, -0.2) is 0 Å². The van der Waals surface area contributed by atoms with Crippen molar-refractivity contribution < 1.29 is 32.0 Å². The lowest BCUT2D eigenvalue weighted by molar-refractivity contribution is -0.384. The van der Waals surface area contributed by atoms with Crippen LogP contribution in [0.5, 0.6) is 5.75 Å². The first-order chi connectivity index (χ1) is 13.2. The molecule has 0 aliphatic rings. The Morgan fingerprint density at radius 3 is 2.36 bits per heavy atom. The summed E-state index contributed by atoms with van der Waals surface area (Å²) in [6.45, 7) is 0. The molecule has 0 saturated carbocycles. The van der Waals surface area contributed by atoms with Gasteiger partial charge in [0, 0.05) is 17.7 Å². The fourth-order valence-corrected chi connectivity index (χ4v) is 2.33. The van der Waals surface area contributed by atoms with Gasteiger partial charge in [-0.3, -0.25) is 14.9 Å². The van der Waals surface area contributed by atoms with Crippen molar-refractivity contribution in [3.63, 3.8) is 0 Å². The first-order valence-electron chi connectivity index (χ1n) is 7.74. The molecule has 1 amide bonds. The van der Waals surface area contributed by atoms with Crippen LogP contribution in [0.25, 0.3) is 11.3 Å². The molecule has 28 heavy (non-hydrogen) atoms. The molecule has 144 valence electrons. The second-order valence-electron chi connectivity index (χ2n) is 5.47. The number of amides is 1. The molecule has 0 fully saturated rings. The number of carbonyl (C=O) groups excluding carboxylic acids is 1. The van der Waals surface area contributed by atoms with E-state index in [2.05, 4.69) is 10.1 Å². The molecule has 0 radical (unpaired) electrons. The van der Waals surface area contributed by atoms with Crippen LogP contribution in [0.3, 0.4) is 0 Å². The number of non-ortho nitro benzene ring substituents is 1. The van der Waals surface area contributed by atoms with Crippen molar-refractivity contribution >= 4 is 17.3 Å². The third-order valence-corrected chi connectivity index (χ3v) is 3.55. The number of nitro benzene ring substituents is 1. The second kappa shape index (κ2) is 7.43. The number of ether oxygens (including phenoxy) is 1. The van der Waals surface area contributed by atoms with E-state index in [-0.39, 0.29) is 22.9 Å². The summed E-state index contributed by atoms with van der Waals surface area (Å²) in [5.74, 6) is -1.24. The van der Waals surface area contributed by atoms with E-state index in [4.69, 9.17) is 4.42 Å². The van der Waals surface area contributed by atoms with Crippen molar-refractivity contribution in [2.45, 2.75) is 6.36 Å². The summed E-state index contributed by atoms with van der Waals surface area (Å²) in [6, 6.07) is 13.3. The Kier molecular flexibility index (Phi) is 5.03. The number of furan rings is 1. The van der Waals surface area contributed by atoms with E-state index in [1.807, 2.05) is 0 Å². The average Bonchev–Trinajstić information content (AvgIpc) is 3.12. The van der Waals surface area contributed by atoms with Gasteiger partial charge in [-0.1, -0.05) is 12.1 Å². The molecule has 1 aromatic heterocycles. The van der Waals surface area contributed by atoms with Gasteiger partial charge in [0.05, 0.1) is 10.6 Å². The zero-order chi connectivity index (χ0) is 20.3. The van der Waals surface area contributed by atoms with Gasteiger partial charge in [-0.05, 0) is 36.4 Å². The molecule has 0 aliphatic heterocycles. The summed E-state index contributed by atoms with van der Waals surface area (Å²) in [5.41, 5.74) is 0.207. The second-order valence-corrected chi connectivity index (χ2v) is 5.47. The maximum absolute atomic E-state index is 12.5. The molecule has 0 bridgehead atoms. The van der Waals surface area contributed by atoms with E-state index in [1.165, 1.54) is 54.6 Å². The van der Waals surface area contributed by atoms with Crippen molar-refractivity contribution in [1.82, 2.24) is 0 Å². The fraction of sp³-hybridized carbons (Fsp3) is 0.0556. The monoisotopic (exact) mass is 392 g/mol. The number of benzene rings is 2. The Morgan fingerprint density at radius 1 is 1.04 bits per heavy atom. The Balaban J connectivity index is 1.77. The number of hydrogen-bond donors (Lipinski definition) is 1. The summed E-state index contributed by atoms with van der Waals surface area (Å²) < 4.78 is 46.6. The SMILES string of the molecule is O=C(Nc1ccccc1OC(F)(F)F)c1ccc(-c2ccc([N+](=O)[O-])cc2)o1. The van der Waals surface area contributed by atoms with Gasteiger partial charge in [-0.15, -0.1) is 13.2 Å². The number of carbonyl (C=O) groups is 1. The molecule has 3 aromatic rings. The van der Waals surface area contributed by atoms with Crippen LogP contribution >= 0.6 is 0 Å². The number of nitro groups is 1. The molecule has 10 heteroatoms. The average molecular weight is 392 g/mol. The highest BCUT2D eigenvalue weighted by molar-refractivity contribution is 6.03. The smallest absolute Gasteiger partial charge is 0.451 e. The number of alkyl halides is 3. The Labute approximate surface area is 155 Å². The third-order valence-electron chi connectivity index (χ3n) is 3.55. The summed E-state index contributed by atoms with van der Waals surface area (Å²) >= 11 is 0. The zero-order valence-corrected chi connectivity index (χ0v) is 13.9. The normalized spacial score (nSPS) is 11.1. The molecule has 1 N–H and O–H groups in total. The van der Waals surface area contributed by atoms with Gasteiger partial charge < -0.3 is 14.5 Å². The number of nitrogens with zero attached hydrogens (tertiary/aromatic N) is 1. The van der Waals surface area contributed by atoms with Gasteiger partial charge in [0.1, 0.15) is 5.76 Å². The standard InChI is InChI=1S/C18H11F3N2O5/c19-18(20,21)28-15-4-2-1-3-13(15)22-17(24)16-10-9-14(27-16)11-5-7-12(8-6-11)23(25)26/h1-10H,(H,22,24). The molecule has 2 aromatic carbocycles. The van der Waals surface area contributed by atoms with Crippen molar-refractivity contribution in [3.05, 3.63) is 76.5 Å². The summed E-state index contributed by atoms with van der Waals surface area (Å²) in [5, 5.41) is 13.0. The molecule has 0 aliphatic carbocycles. The number of para-hydroxylation sites is 2. The first-order valence-corrected chi connectivity index (χ1v) is 7.74. The van der Waals surface area contributed by atoms with Crippen molar-refractivity contribution in [3.8, 4) is 17.1 Å². The first kappa shape index (κ1) is 19.0. The van der Waals surface area contributed by atoms with E-state index < -0.39 is 22.9 Å². The molecule has 0 unspecified atom stereocenters. The van der Waals surface area contributed by atoms with Crippen LogP contribution in [0.1, 0.15) is 10.6 Å². The number of hydrogen-bond acceptors (Lipinski definition) is 5. The van der Waals surface area contributed by atoms with Crippen LogP contribution in [0.2, 0.25) is 0 Å². The Hall–Kier alpha value is -3.82. The molecule has 0 saturated heterocycles. The van der Waals surface area contributed by atoms with Crippen LogP contribution in [-0.4, -0.2) is 17.2 Å². The van der Waals surface area contributed by atoms with Gasteiger partial charge in [0.15, 0.2) is 11.5 Å². The van der Waals surface area contributed by atoms with Crippen LogP contribution in [-0.2, 0) is 0 Å². The predicted octanol–water partition coefficient (Wildman–Crippen LogP) is 5.01. The van der Waals surface area contributed by atoms with Crippen LogP contribution in [0.15, 0.2) is 65.1 Å². The van der Waals surface area contributed by atoms with Crippen LogP contribution < -0.4 is 10.1 Å². The van der Waals surface area contributed by atoms with Crippen molar-refractivity contribution in [1.29, 1.82) is 0 Å². The lowest BCUT2D eigenvalue weighted by Crippen LogP contribution is -2.19. The summed E-state index contributed by atoms with van der Waals surface area (Å²) in [6.07, 6.45) is -4.91. The predicted molar refractivity (Wildman–Crippen MR) is 91.9 cm³/mol. The van der Waals surface area contributed by atoms with E-state index in [0.717, 1.165) is 6.07 Å².